The minimum Gasteiger partial charge on any atom is -0.388 e. The molecule has 7 heteroatoms. The van der Waals surface area contributed by atoms with E-state index in [9.17, 15) is 27.1 Å². The Bertz CT molecular complexity index is 436. The van der Waals surface area contributed by atoms with Crippen LogP contribution in [0.2, 0.25) is 0 Å². The minimum absolute atomic E-state index is 0.163. The zero-order chi connectivity index (χ0) is 14.8. The largest absolute Gasteiger partial charge is 0.388 e. The minimum atomic E-state index is -4.31. The third kappa shape index (κ3) is 3.79. The van der Waals surface area contributed by atoms with Gasteiger partial charge in [0, 0.05) is 20.5 Å². The van der Waals surface area contributed by atoms with Gasteiger partial charge in [0.15, 0.2) is 0 Å². The molecule has 1 aromatic rings. The Labute approximate surface area is 107 Å². The summed E-state index contributed by atoms with van der Waals surface area (Å²) in [6, 6.07) is 3.38. The maximum Gasteiger partial charge on any atom is 0.310 e. The first-order valence-corrected chi connectivity index (χ1v) is 5.46. The fourth-order valence-electron chi connectivity index (χ4n) is 1.56. The molecule has 0 saturated carbocycles. The van der Waals surface area contributed by atoms with Gasteiger partial charge in [0.25, 0.3) is 0 Å². The summed E-state index contributed by atoms with van der Waals surface area (Å²) in [6.07, 6.45) is -7.17. The van der Waals surface area contributed by atoms with E-state index in [1.54, 1.807) is 14.1 Å². The molecule has 0 saturated heterocycles. The van der Waals surface area contributed by atoms with Crippen LogP contribution in [0.15, 0.2) is 18.2 Å². The Hall–Kier alpha value is -1.37. The van der Waals surface area contributed by atoms with Crippen LogP contribution in [-0.2, 0) is 0 Å². The summed E-state index contributed by atoms with van der Waals surface area (Å²) in [7, 11) is 3.17. The van der Waals surface area contributed by atoms with Gasteiger partial charge in [-0.2, -0.15) is 0 Å². The lowest BCUT2D eigenvalue weighted by molar-refractivity contribution is -0.149. The number of alkyl halides is 4. The van der Waals surface area contributed by atoms with Crippen LogP contribution >= 0.6 is 0 Å². The molecule has 1 aromatic carbocycles. The third-order valence-electron chi connectivity index (χ3n) is 2.62. The van der Waals surface area contributed by atoms with E-state index in [1.807, 2.05) is 0 Å². The predicted octanol–water partition coefficient (Wildman–Crippen LogP) is 3.22. The van der Waals surface area contributed by atoms with Crippen molar-refractivity contribution in [2.45, 2.75) is 24.9 Å². The molecular formula is C12H14F5NO. The van der Waals surface area contributed by atoms with Crippen molar-refractivity contribution in [1.29, 1.82) is 0 Å². The smallest absolute Gasteiger partial charge is 0.310 e. The van der Waals surface area contributed by atoms with Crippen LogP contribution in [-0.4, -0.2) is 31.5 Å². The Balaban J connectivity index is 2.90. The third-order valence-corrected chi connectivity index (χ3v) is 2.62. The Morgan fingerprint density at radius 2 is 1.84 bits per heavy atom. The highest BCUT2D eigenvalue weighted by atomic mass is 19.3. The van der Waals surface area contributed by atoms with E-state index in [1.165, 1.54) is 17.0 Å². The number of hydrogen-bond acceptors (Lipinski definition) is 2. The molecule has 1 rings (SSSR count). The number of rotatable bonds is 5. The van der Waals surface area contributed by atoms with Gasteiger partial charge in [0.1, 0.15) is 5.82 Å². The van der Waals surface area contributed by atoms with E-state index in [4.69, 9.17) is 0 Å². The van der Waals surface area contributed by atoms with Crippen LogP contribution in [0.1, 0.15) is 18.1 Å². The van der Waals surface area contributed by atoms with Crippen molar-refractivity contribution in [2.75, 3.05) is 19.0 Å². The first-order chi connectivity index (χ1) is 8.65. The average Bonchev–Trinajstić information content (AvgIpc) is 2.27. The van der Waals surface area contributed by atoms with E-state index in [0.717, 1.165) is 6.07 Å². The Morgan fingerprint density at radius 1 is 1.26 bits per heavy atom. The van der Waals surface area contributed by atoms with Crippen LogP contribution in [0.25, 0.3) is 0 Å². The second-order valence-electron chi connectivity index (χ2n) is 4.39. The highest BCUT2D eigenvalue weighted by Gasteiger charge is 2.42. The first kappa shape index (κ1) is 15.7. The number of halogens is 5. The normalized spacial score (nSPS) is 13.7. The summed E-state index contributed by atoms with van der Waals surface area (Å²) in [5.74, 6) is -5.03. The fraction of sp³-hybridized carbons (Fsp3) is 0.500. The lowest BCUT2D eigenvalue weighted by atomic mass is 10.0. The Morgan fingerprint density at radius 3 is 2.26 bits per heavy atom. The molecular weight excluding hydrogens is 269 g/mol. The second kappa shape index (κ2) is 5.73. The highest BCUT2D eigenvalue weighted by molar-refractivity contribution is 5.48. The van der Waals surface area contributed by atoms with E-state index < -0.39 is 30.7 Å². The van der Waals surface area contributed by atoms with Crippen LogP contribution in [0.4, 0.5) is 27.6 Å². The standard InChI is InChI=1S/C12H14F5NO/c1-18(2)9-4-3-7(5-8(9)13)10(19)6-12(16,17)11(14)15/h3-5,10-11,19H,6H2,1-2H3. The van der Waals surface area contributed by atoms with Crippen molar-refractivity contribution in [3.05, 3.63) is 29.6 Å². The number of hydrogen-bond donors (Lipinski definition) is 1. The van der Waals surface area contributed by atoms with Gasteiger partial charge in [0.05, 0.1) is 11.8 Å². The number of aliphatic hydroxyl groups excluding tert-OH is 1. The summed E-state index contributed by atoms with van der Waals surface area (Å²) < 4.78 is 63.1. The van der Waals surface area contributed by atoms with Crippen LogP contribution < -0.4 is 4.90 Å². The van der Waals surface area contributed by atoms with Gasteiger partial charge in [-0.05, 0) is 17.7 Å². The highest BCUT2D eigenvalue weighted by Crippen LogP contribution is 2.34. The molecule has 0 aliphatic carbocycles. The van der Waals surface area contributed by atoms with Gasteiger partial charge >= 0.3 is 12.3 Å². The van der Waals surface area contributed by atoms with Crippen LogP contribution in [0, 0.1) is 5.82 Å². The van der Waals surface area contributed by atoms with Crippen molar-refractivity contribution in [1.82, 2.24) is 0 Å². The zero-order valence-corrected chi connectivity index (χ0v) is 10.4. The number of nitrogens with zero attached hydrogens (tertiary/aromatic N) is 1. The Kier molecular flexibility index (Phi) is 4.73. The number of benzene rings is 1. The van der Waals surface area contributed by atoms with E-state index >= 15 is 0 Å². The molecule has 0 aliphatic rings. The molecule has 0 bridgehead atoms. The quantitative estimate of drug-likeness (QED) is 0.839. The first-order valence-electron chi connectivity index (χ1n) is 5.46. The van der Waals surface area contributed by atoms with E-state index in [-0.39, 0.29) is 11.3 Å². The zero-order valence-electron chi connectivity index (χ0n) is 10.4. The summed E-state index contributed by atoms with van der Waals surface area (Å²) in [4.78, 5) is 1.46. The number of anilines is 1. The molecule has 0 heterocycles. The predicted molar refractivity (Wildman–Crippen MR) is 61.3 cm³/mol. The second-order valence-corrected chi connectivity index (χ2v) is 4.39. The molecule has 0 fully saturated rings. The van der Waals surface area contributed by atoms with Gasteiger partial charge in [-0.1, -0.05) is 6.07 Å². The van der Waals surface area contributed by atoms with E-state index in [0.29, 0.717) is 0 Å². The van der Waals surface area contributed by atoms with Gasteiger partial charge in [-0.3, -0.25) is 0 Å². The van der Waals surface area contributed by atoms with Crippen molar-refractivity contribution in [3.63, 3.8) is 0 Å². The molecule has 0 spiro atoms. The molecule has 108 valence electrons. The number of aliphatic hydroxyl groups is 1. The summed E-state index contributed by atoms with van der Waals surface area (Å²) in [5, 5.41) is 9.47. The topological polar surface area (TPSA) is 23.5 Å². The molecule has 1 atom stereocenters. The van der Waals surface area contributed by atoms with Crippen molar-refractivity contribution in [2.24, 2.45) is 0 Å². The molecule has 1 N–H and O–H groups in total. The molecule has 0 aromatic heterocycles. The molecule has 19 heavy (non-hydrogen) atoms. The lowest BCUT2D eigenvalue weighted by Gasteiger charge is -2.20. The summed E-state index contributed by atoms with van der Waals surface area (Å²) in [5.41, 5.74) is 0.0417. The average molecular weight is 283 g/mol. The molecule has 2 nitrogen and oxygen atoms in total. The molecule has 0 radical (unpaired) electrons. The summed E-state index contributed by atoms with van der Waals surface area (Å²) >= 11 is 0. The van der Waals surface area contributed by atoms with Crippen LogP contribution in [0.5, 0.6) is 0 Å². The monoisotopic (exact) mass is 283 g/mol. The maximum atomic E-state index is 13.6. The van der Waals surface area contributed by atoms with Crippen molar-refractivity contribution in [3.8, 4) is 0 Å². The van der Waals surface area contributed by atoms with Crippen molar-refractivity contribution < 1.29 is 27.1 Å². The van der Waals surface area contributed by atoms with Gasteiger partial charge in [-0.25, -0.2) is 22.0 Å². The van der Waals surface area contributed by atoms with Gasteiger partial charge < -0.3 is 10.0 Å². The van der Waals surface area contributed by atoms with Gasteiger partial charge in [0.2, 0.25) is 0 Å². The maximum absolute atomic E-state index is 13.6. The molecule has 0 amide bonds. The molecule has 0 aliphatic heterocycles. The van der Waals surface area contributed by atoms with Gasteiger partial charge in [-0.15, -0.1) is 0 Å². The molecule has 1 unspecified atom stereocenters. The van der Waals surface area contributed by atoms with Crippen LogP contribution in [0.3, 0.4) is 0 Å². The fourth-order valence-corrected chi connectivity index (χ4v) is 1.56. The SMILES string of the molecule is CN(C)c1ccc(C(O)CC(F)(F)C(F)F)cc1F. The van der Waals surface area contributed by atoms with E-state index in [2.05, 4.69) is 0 Å². The lowest BCUT2D eigenvalue weighted by Crippen LogP contribution is -2.28. The van der Waals surface area contributed by atoms with Crippen molar-refractivity contribution >= 4 is 5.69 Å². The summed E-state index contributed by atoms with van der Waals surface area (Å²) in [6.45, 7) is 0.